The number of carboxylic acids is 1. The highest BCUT2D eigenvalue weighted by Gasteiger charge is 2.55. The van der Waals surface area contributed by atoms with E-state index in [1.54, 1.807) is 13.2 Å². The van der Waals surface area contributed by atoms with Crippen LogP contribution >= 0.6 is 0 Å². The Labute approximate surface area is 155 Å². The number of carbonyl (C=O) groups is 2. The third-order valence-electron chi connectivity index (χ3n) is 7.43. The third kappa shape index (κ3) is 3.00. The van der Waals surface area contributed by atoms with Gasteiger partial charge in [0.25, 0.3) is 0 Å². The summed E-state index contributed by atoms with van der Waals surface area (Å²) in [6, 6.07) is 0. The fourth-order valence-electron chi connectivity index (χ4n) is 5.68. The smallest absolute Gasteiger partial charge is 0.333 e. The highest BCUT2D eigenvalue weighted by molar-refractivity contribution is 5.88. The predicted molar refractivity (Wildman–Crippen MR) is 97.3 cm³/mol. The number of carboxylic acid groups (broad SMARTS) is 1. The lowest BCUT2D eigenvalue weighted by molar-refractivity contribution is -0.155. The topological polar surface area (TPSA) is 72.8 Å². The first-order valence-electron chi connectivity index (χ1n) is 9.60. The zero-order valence-electron chi connectivity index (χ0n) is 16.2. The Bertz CT molecular complexity index is 663. The summed E-state index contributed by atoms with van der Waals surface area (Å²) in [7, 11) is 1.55. The van der Waals surface area contributed by atoms with Crippen LogP contribution in [0.3, 0.4) is 0 Å². The minimum atomic E-state index is -0.772. The van der Waals surface area contributed by atoms with E-state index in [0.717, 1.165) is 44.1 Å². The first-order chi connectivity index (χ1) is 12.2. The van der Waals surface area contributed by atoms with Gasteiger partial charge in [0.2, 0.25) is 6.29 Å². The molecule has 5 nitrogen and oxygen atoms in total. The Morgan fingerprint density at radius 2 is 2.12 bits per heavy atom. The fraction of sp³-hybridized carbons (Fsp3) is 0.714. The molecule has 1 saturated carbocycles. The molecule has 1 fully saturated rings. The SMILES string of the molecule is COC1OC(=O)C=C1CC[C@@]1(C)[C@H](C)CC[C@@]2(C)C(C(=O)O)=CCC[C@H]12. The predicted octanol–water partition coefficient (Wildman–Crippen LogP) is 4.09. The van der Waals surface area contributed by atoms with Gasteiger partial charge in [-0.15, -0.1) is 0 Å². The van der Waals surface area contributed by atoms with Gasteiger partial charge in [-0.2, -0.15) is 0 Å². The summed E-state index contributed by atoms with van der Waals surface area (Å²) in [4.78, 5) is 23.4. The zero-order chi connectivity index (χ0) is 19.1. The summed E-state index contributed by atoms with van der Waals surface area (Å²) in [5, 5.41) is 9.73. The van der Waals surface area contributed by atoms with Crippen LogP contribution in [0.5, 0.6) is 0 Å². The van der Waals surface area contributed by atoms with Crippen molar-refractivity contribution in [1.82, 2.24) is 0 Å². The molecule has 5 atom stereocenters. The van der Waals surface area contributed by atoms with Gasteiger partial charge in [-0.25, -0.2) is 9.59 Å². The van der Waals surface area contributed by atoms with Crippen LogP contribution in [0.15, 0.2) is 23.3 Å². The number of aliphatic carboxylic acids is 1. The van der Waals surface area contributed by atoms with Crippen molar-refractivity contribution in [3.63, 3.8) is 0 Å². The molecular weight excluding hydrogens is 332 g/mol. The number of rotatable bonds is 5. The van der Waals surface area contributed by atoms with E-state index in [9.17, 15) is 14.7 Å². The van der Waals surface area contributed by atoms with Gasteiger partial charge in [0.15, 0.2) is 0 Å². The van der Waals surface area contributed by atoms with Crippen molar-refractivity contribution in [3.8, 4) is 0 Å². The van der Waals surface area contributed by atoms with E-state index in [2.05, 4.69) is 20.8 Å². The molecule has 0 bridgehead atoms. The number of methoxy groups -OCH3 is 1. The minimum Gasteiger partial charge on any atom is -0.478 e. The molecule has 1 heterocycles. The number of fused-ring (bicyclic) bond motifs is 1. The number of allylic oxidation sites excluding steroid dienone is 1. The molecule has 0 spiro atoms. The molecule has 0 aromatic carbocycles. The first kappa shape index (κ1) is 19.2. The highest BCUT2D eigenvalue weighted by atomic mass is 16.7. The average molecular weight is 362 g/mol. The summed E-state index contributed by atoms with van der Waals surface area (Å²) in [6.07, 6.45) is 8.36. The fourth-order valence-corrected chi connectivity index (χ4v) is 5.68. The Balaban J connectivity index is 1.85. The van der Waals surface area contributed by atoms with Crippen LogP contribution in [0.25, 0.3) is 0 Å². The summed E-state index contributed by atoms with van der Waals surface area (Å²) >= 11 is 0. The molecule has 1 unspecified atom stereocenters. The van der Waals surface area contributed by atoms with E-state index in [4.69, 9.17) is 9.47 Å². The van der Waals surface area contributed by atoms with Gasteiger partial charge < -0.3 is 14.6 Å². The van der Waals surface area contributed by atoms with Gasteiger partial charge >= 0.3 is 11.9 Å². The summed E-state index contributed by atoms with van der Waals surface area (Å²) in [6.45, 7) is 6.74. The molecule has 0 aromatic rings. The molecule has 0 aromatic heterocycles. The summed E-state index contributed by atoms with van der Waals surface area (Å²) < 4.78 is 10.4. The highest BCUT2D eigenvalue weighted by Crippen LogP contribution is 2.62. The lowest BCUT2D eigenvalue weighted by atomic mass is 9.46. The van der Waals surface area contributed by atoms with Crippen LogP contribution in [-0.4, -0.2) is 30.4 Å². The van der Waals surface area contributed by atoms with Crippen molar-refractivity contribution < 1.29 is 24.2 Å². The average Bonchev–Trinajstić information content (AvgIpc) is 2.96. The first-order valence-corrected chi connectivity index (χ1v) is 9.60. The van der Waals surface area contributed by atoms with E-state index in [1.165, 1.54) is 0 Å². The molecule has 3 aliphatic rings. The van der Waals surface area contributed by atoms with Crippen molar-refractivity contribution in [1.29, 1.82) is 0 Å². The number of cyclic esters (lactones) is 1. The third-order valence-corrected chi connectivity index (χ3v) is 7.43. The van der Waals surface area contributed by atoms with Crippen LogP contribution < -0.4 is 0 Å². The van der Waals surface area contributed by atoms with Crippen molar-refractivity contribution in [2.75, 3.05) is 7.11 Å². The molecule has 1 N–H and O–H groups in total. The van der Waals surface area contributed by atoms with Crippen LogP contribution in [0.2, 0.25) is 0 Å². The number of esters is 1. The summed E-state index contributed by atoms with van der Waals surface area (Å²) in [5.41, 5.74) is 1.23. The van der Waals surface area contributed by atoms with E-state index in [-0.39, 0.29) is 16.8 Å². The maximum Gasteiger partial charge on any atom is 0.333 e. The number of hydrogen-bond acceptors (Lipinski definition) is 4. The van der Waals surface area contributed by atoms with E-state index in [0.29, 0.717) is 17.4 Å². The molecule has 5 heteroatoms. The van der Waals surface area contributed by atoms with Crippen molar-refractivity contribution in [3.05, 3.63) is 23.3 Å². The van der Waals surface area contributed by atoms with E-state index >= 15 is 0 Å². The quantitative estimate of drug-likeness (QED) is 0.746. The largest absolute Gasteiger partial charge is 0.478 e. The van der Waals surface area contributed by atoms with Gasteiger partial charge in [0.05, 0.1) is 0 Å². The molecule has 144 valence electrons. The standard InChI is InChI=1S/C21H30O5/c1-13-8-10-21(3)15(18(23)24)6-5-7-16(21)20(13,2)11-9-14-12-17(22)26-19(14)25-4/h6,12-13,16,19H,5,7-11H2,1-4H3,(H,23,24)/t13-,16-,19?,20+,21+/m1/s1. The molecule has 0 saturated heterocycles. The lowest BCUT2D eigenvalue weighted by Gasteiger charge is -2.57. The number of hydrogen-bond donors (Lipinski definition) is 1. The molecule has 1 aliphatic heterocycles. The van der Waals surface area contributed by atoms with Crippen molar-refractivity contribution in [2.45, 2.75) is 65.6 Å². The molecule has 3 rings (SSSR count). The number of ether oxygens (including phenoxy) is 2. The van der Waals surface area contributed by atoms with E-state index < -0.39 is 12.3 Å². The van der Waals surface area contributed by atoms with Crippen molar-refractivity contribution in [2.24, 2.45) is 22.7 Å². The molecular formula is C21H30O5. The van der Waals surface area contributed by atoms with Crippen LogP contribution in [-0.2, 0) is 19.1 Å². The van der Waals surface area contributed by atoms with Gasteiger partial charge in [-0.05, 0) is 55.8 Å². The Morgan fingerprint density at radius 3 is 2.77 bits per heavy atom. The maximum atomic E-state index is 11.8. The van der Waals surface area contributed by atoms with Crippen LogP contribution in [0.4, 0.5) is 0 Å². The van der Waals surface area contributed by atoms with Crippen LogP contribution in [0.1, 0.15) is 59.3 Å². The Kier molecular flexibility index (Phi) is 5.04. The monoisotopic (exact) mass is 362 g/mol. The van der Waals surface area contributed by atoms with Gasteiger partial charge in [0.1, 0.15) is 0 Å². The Hall–Kier alpha value is -1.62. The van der Waals surface area contributed by atoms with Gasteiger partial charge in [0, 0.05) is 29.7 Å². The number of carbonyl (C=O) groups excluding carboxylic acids is 1. The molecule has 0 amide bonds. The van der Waals surface area contributed by atoms with Crippen molar-refractivity contribution >= 4 is 11.9 Å². The maximum absolute atomic E-state index is 11.8. The molecule has 0 radical (unpaired) electrons. The second-order valence-corrected chi connectivity index (χ2v) is 8.64. The second-order valence-electron chi connectivity index (χ2n) is 8.64. The van der Waals surface area contributed by atoms with Crippen LogP contribution in [0, 0.1) is 22.7 Å². The van der Waals surface area contributed by atoms with E-state index in [1.807, 2.05) is 6.08 Å². The zero-order valence-corrected chi connectivity index (χ0v) is 16.2. The molecule has 26 heavy (non-hydrogen) atoms. The van der Waals surface area contributed by atoms with Gasteiger partial charge in [-0.1, -0.05) is 26.8 Å². The summed E-state index contributed by atoms with van der Waals surface area (Å²) in [5.74, 6) is -0.277. The second kappa shape index (κ2) is 6.84. The molecule has 2 aliphatic carbocycles. The minimum absolute atomic E-state index is 0.0206. The normalized spacial score (nSPS) is 39.7. The van der Waals surface area contributed by atoms with Gasteiger partial charge in [-0.3, -0.25) is 0 Å². The lowest BCUT2D eigenvalue weighted by Crippen LogP contribution is -2.51. The Morgan fingerprint density at radius 1 is 1.38 bits per heavy atom.